The quantitative estimate of drug-likeness (QED) is 0.578. The zero-order chi connectivity index (χ0) is 14.9. The van der Waals surface area contributed by atoms with Crippen LogP contribution in [-0.4, -0.2) is 19.7 Å². The smallest absolute Gasteiger partial charge is 0.227 e. The van der Waals surface area contributed by atoms with Gasteiger partial charge in [0.05, 0.1) is 5.69 Å². The van der Waals surface area contributed by atoms with Crippen molar-refractivity contribution in [3.63, 3.8) is 0 Å². The first-order valence-corrected chi connectivity index (χ1v) is 7.18. The Morgan fingerprint density at radius 2 is 1.77 bits per heavy atom. The molecule has 5 nitrogen and oxygen atoms in total. The normalized spacial score (nSPS) is 11.1. The van der Waals surface area contributed by atoms with Gasteiger partial charge in [0, 0.05) is 5.56 Å². The average molecular weight is 290 g/mol. The van der Waals surface area contributed by atoms with Crippen LogP contribution in [0.3, 0.4) is 0 Å². The molecule has 0 bridgehead atoms. The molecule has 0 atom stereocenters. The van der Waals surface area contributed by atoms with Crippen LogP contribution in [0.25, 0.3) is 28.2 Å². The van der Waals surface area contributed by atoms with Gasteiger partial charge in [0.25, 0.3) is 0 Å². The van der Waals surface area contributed by atoms with E-state index in [0.717, 1.165) is 28.8 Å². The lowest BCUT2D eigenvalue weighted by Gasteiger charge is -1.98. The van der Waals surface area contributed by atoms with Gasteiger partial charge in [-0.25, -0.2) is 4.98 Å². The molecular weight excluding hydrogens is 276 g/mol. The molecule has 4 aromatic rings. The van der Waals surface area contributed by atoms with Crippen LogP contribution in [0.4, 0.5) is 0 Å². The highest BCUT2D eigenvalue weighted by Crippen LogP contribution is 2.26. The van der Waals surface area contributed by atoms with Crippen LogP contribution < -0.4 is 0 Å². The second kappa shape index (κ2) is 5.11. The summed E-state index contributed by atoms with van der Waals surface area (Å²) < 4.78 is 7.69. The number of hydrogen-bond donors (Lipinski definition) is 0. The van der Waals surface area contributed by atoms with Gasteiger partial charge in [-0.1, -0.05) is 19.1 Å². The third kappa shape index (κ3) is 2.16. The van der Waals surface area contributed by atoms with Crippen molar-refractivity contribution < 1.29 is 4.42 Å². The van der Waals surface area contributed by atoms with E-state index < -0.39 is 0 Å². The second-order valence-electron chi connectivity index (χ2n) is 5.09. The van der Waals surface area contributed by atoms with Gasteiger partial charge in [-0.05, 0) is 42.3 Å². The highest BCUT2D eigenvalue weighted by molar-refractivity contribution is 5.78. The minimum Gasteiger partial charge on any atom is -0.436 e. The summed E-state index contributed by atoms with van der Waals surface area (Å²) in [6.45, 7) is 2.14. The Hall–Kier alpha value is -2.95. The lowest BCUT2D eigenvalue weighted by Crippen LogP contribution is -1.88. The minimum absolute atomic E-state index is 0.638. The third-order valence-electron chi connectivity index (χ3n) is 3.70. The molecule has 0 fully saturated rings. The number of benzene rings is 2. The topological polar surface area (TPSA) is 56.7 Å². The summed E-state index contributed by atoms with van der Waals surface area (Å²) in [5.41, 5.74) is 4.83. The first-order chi connectivity index (χ1) is 10.8. The summed E-state index contributed by atoms with van der Waals surface area (Å²) in [7, 11) is 0. The van der Waals surface area contributed by atoms with Crippen LogP contribution in [0, 0.1) is 0 Å². The fourth-order valence-corrected chi connectivity index (χ4v) is 2.42. The molecule has 2 aromatic carbocycles. The van der Waals surface area contributed by atoms with Gasteiger partial charge in [-0.15, -0.1) is 10.2 Å². The SMILES string of the molecule is CCc1ccc(-c2nc3cc(-n4cnnc4)ccc3o2)cc1. The van der Waals surface area contributed by atoms with E-state index in [0.29, 0.717) is 5.89 Å². The van der Waals surface area contributed by atoms with Crippen molar-refractivity contribution in [2.24, 2.45) is 0 Å². The van der Waals surface area contributed by atoms with Crippen LogP contribution in [-0.2, 0) is 6.42 Å². The third-order valence-corrected chi connectivity index (χ3v) is 3.70. The standard InChI is InChI=1S/C17H14N4O/c1-2-12-3-5-13(6-4-12)17-20-15-9-14(7-8-16(15)22-17)21-10-18-19-11-21/h3-11H,2H2,1H3. The fraction of sp³-hybridized carbons (Fsp3) is 0.118. The Morgan fingerprint density at radius 1 is 1.00 bits per heavy atom. The summed E-state index contributed by atoms with van der Waals surface area (Å²) >= 11 is 0. The van der Waals surface area contributed by atoms with E-state index in [1.807, 2.05) is 34.9 Å². The summed E-state index contributed by atoms with van der Waals surface area (Å²) in [6.07, 6.45) is 4.34. The summed E-state index contributed by atoms with van der Waals surface area (Å²) in [6, 6.07) is 14.1. The monoisotopic (exact) mass is 290 g/mol. The first-order valence-electron chi connectivity index (χ1n) is 7.18. The van der Waals surface area contributed by atoms with Crippen molar-refractivity contribution in [3.05, 3.63) is 60.7 Å². The lowest BCUT2D eigenvalue weighted by atomic mass is 10.1. The van der Waals surface area contributed by atoms with Gasteiger partial charge in [-0.2, -0.15) is 0 Å². The molecule has 5 heteroatoms. The summed E-state index contributed by atoms with van der Waals surface area (Å²) in [4.78, 5) is 4.59. The lowest BCUT2D eigenvalue weighted by molar-refractivity contribution is 0.620. The van der Waals surface area contributed by atoms with Crippen molar-refractivity contribution >= 4 is 11.1 Å². The maximum Gasteiger partial charge on any atom is 0.227 e. The highest BCUT2D eigenvalue weighted by atomic mass is 16.3. The Morgan fingerprint density at radius 3 is 2.50 bits per heavy atom. The van der Waals surface area contributed by atoms with E-state index >= 15 is 0 Å². The van der Waals surface area contributed by atoms with Crippen molar-refractivity contribution in [2.75, 3.05) is 0 Å². The maximum absolute atomic E-state index is 5.85. The number of fused-ring (bicyclic) bond motifs is 1. The van der Waals surface area contributed by atoms with Crippen molar-refractivity contribution in [1.29, 1.82) is 0 Å². The molecule has 0 saturated carbocycles. The molecule has 0 aliphatic carbocycles. The molecule has 4 rings (SSSR count). The van der Waals surface area contributed by atoms with Crippen molar-refractivity contribution in [1.82, 2.24) is 19.7 Å². The Balaban J connectivity index is 1.76. The molecule has 0 aliphatic heterocycles. The molecule has 2 heterocycles. The predicted molar refractivity (Wildman–Crippen MR) is 83.7 cm³/mol. The highest BCUT2D eigenvalue weighted by Gasteiger charge is 2.09. The molecule has 0 unspecified atom stereocenters. The number of aromatic nitrogens is 4. The Labute approximate surface area is 127 Å². The molecule has 2 aromatic heterocycles. The Bertz CT molecular complexity index is 908. The molecule has 0 radical (unpaired) electrons. The number of aryl methyl sites for hydroxylation is 1. The summed E-state index contributed by atoms with van der Waals surface area (Å²) in [5, 5.41) is 7.63. The van der Waals surface area contributed by atoms with E-state index in [1.54, 1.807) is 12.7 Å². The molecule has 0 aliphatic rings. The van der Waals surface area contributed by atoms with E-state index in [9.17, 15) is 0 Å². The van der Waals surface area contributed by atoms with E-state index in [-0.39, 0.29) is 0 Å². The zero-order valence-corrected chi connectivity index (χ0v) is 12.1. The van der Waals surface area contributed by atoms with Crippen LogP contribution in [0.5, 0.6) is 0 Å². The first kappa shape index (κ1) is 12.8. The van der Waals surface area contributed by atoms with Crippen molar-refractivity contribution in [3.8, 4) is 17.1 Å². The van der Waals surface area contributed by atoms with Crippen molar-refractivity contribution in [2.45, 2.75) is 13.3 Å². The van der Waals surface area contributed by atoms with Crippen LogP contribution >= 0.6 is 0 Å². The molecule has 0 spiro atoms. The van der Waals surface area contributed by atoms with Crippen LogP contribution in [0.15, 0.2) is 59.5 Å². The molecule has 0 amide bonds. The molecule has 0 N–H and O–H groups in total. The van der Waals surface area contributed by atoms with Crippen LogP contribution in [0.1, 0.15) is 12.5 Å². The minimum atomic E-state index is 0.638. The fourth-order valence-electron chi connectivity index (χ4n) is 2.42. The van der Waals surface area contributed by atoms with E-state index in [2.05, 4.69) is 34.2 Å². The van der Waals surface area contributed by atoms with Gasteiger partial charge in [-0.3, -0.25) is 4.57 Å². The summed E-state index contributed by atoms with van der Waals surface area (Å²) in [5.74, 6) is 0.638. The van der Waals surface area contributed by atoms with Gasteiger partial charge in [0.2, 0.25) is 5.89 Å². The van der Waals surface area contributed by atoms with Gasteiger partial charge >= 0.3 is 0 Å². The molecule has 0 saturated heterocycles. The number of hydrogen-bond acceptors (Lipinski definition) is 4. The van der Waals surface area contributed by atoms with Gasteiger partial charge < -0.3 is 4.42 Å². The molecule has 108 valence electrons. The zero-order valence-electron chi connectivity index (χ0n) is 12.1. The second-order valence-corrected chi connectivity index (χ2v) is 5.09. The molecule has 22 heavy (non-hydrogen) atoms. The van der Waals surface area contributed by atoms with Gasteiger partial charge in [0.15, 0.2) is 5.58 Å². The number of oxazole rings is 1. The average Bonchev–Trinajstić information content (AvgIpc) is 3.23. The molecular formula is C17H14N4O. The maximum atomic E-state index is 5.85. The van der Waals surface area contributed by atoms with E-state index in [4.69, 9.17) is 4.42 Å². The van der Waals surface area contributed by atoms with Crippen LogP contribution in [0.2, 0.25) is 0 Å². The number of nitrogens with zero attached hydrogens (tertiary/aromatic N) is 4. The largest absolute Gasteiger partial charge is 0.436 e. The number of rotatable bonds is 3. The van der Waals surface area contributed by atoms with E-state index in [1.165, 1.54) is 5.56 Å². The van der Waals surface area contributed by atoms with Gasteiger partial charge in [0.1, 0.15) is 18.2 Å². The Kier molecular flexibility index (Phi) is 2.96. The predicted octanol–water partition coefficient (Wildman–Crippen LogP) is 3.64.